The number of aromatic nitrogens is 1. The van der Waals surface area contributed by atoms with Crippen LogP contribution in [0.1, 0.15) is 33.1 Å². The van der Waals surface area contributed by atoms with Crippen LogP contribution in [0.5, 0.6) is 0 Å². The van der Waals surface area contributed by atoms with E-state index in [1.165, 1.54) is 16.4 Å². The highest BCUT2D eigenvalue weighted by molar-refractivity contribution is 7.89. The standard InChI is InChI=1S/C16H21N3O4S2/c1-3-4-11-7-8-17-15(20)10(2)19(11)25(22,23)12-5-6-13-14(9-12)24-16(21)18-13/h5-6,9-11H,3-4,7-8H2,1-2H3,(H,17,20)(H,18,21). The summed E-state index contributed by atoms with van der Waals surface area (Å²) in [6, 6.07) is 3.58. The number of aromatic amines is 1. The van der Waals surface area contributed by atoms with E-state index in [2.05, 4.69) is 10.3 Å². The highest BCUT2D eigenvalue weighted by Gasteiger charge is 2.39. The number of sulfonamides is 1. The van der Waals surface area contributed by atoms with Crippen LogP contribution in [0.3, 0.4) is 0 Å². The Bertz CT molecular complexity index is 948. The molecule has 136 valence electrons. The molecule has 1 amide bonds. The van der Waals surface area contributed by atoms with Gasteiger partial charge in [-0.15, -0.1) is 0 Å². The second-order valence-corrected chi connectivity index (χ2v) is 9.06. The summed E-state index contributed by atoms with van der Waals surface area (Å²) in [6.45, 7) is 4.09. The normalized spacial score (nSPS) is 22.7. The maximum Gasteiger partial charge on any atom is 0.305 e. The van der Waals surface area contributed by atoms with E-state index in [1.54, 1.807) is 13.0 Å². The van der Waals surface area contributed by atoms with Crippen molar-refractivity contribution in [3.8, 4) is 0 Å². The molecule has 2 atom stereocenters. The molecule has 1 aliphatic heterocycles. The average molecular weight is 383 g/mol. The lowest BCUT2D eigenvalue weighted by molar-refractivity contribution is -0.123. The predicted octanol–water partition coefficient (Wildman–Crippen LogP) is 1.66. The van der Waals surface area contributed by atoms with Crippen LogP contribution in [0, 0.1) is 0 Å². The largest absolute Gasteiger partial charge is 0.355 e. The first kappa shape index (κ1) is 18.1. The van der Waals surface area contributed by atoms with Crippen molar-refractivity contribution < 1.29 is 13.2 Å². The number of carbonyl (C=O) groups is 1. The van der Waals surface area contributed by atoms with Gasteiger partial charge in [-0.25, -0.2) is 8.42 Å². The number of fused-ring (bicyclic) bond motifs is 1. The van der Waals surface area contributed by atoms with Gasteiger partial charge in [0, 0.05) is 12.6 Å². The van der Waals surface area contributed by atoms with Crippen LogP contribution in [-0.2, 0) is 14.8 Å². The monoisotopic (exact) mass is 383 g/mol. The highest BCUT2D eigenvalue weighted by atomic mass is 32.2. The Balaban J connectivity index is 2.09. The van der Waals surface area contributed by atoms with Gasteiger partial charge in [-0.1, -0.05) is 24.7 Å². The minimum Gasteiger partial charge on any atom is -0.355 e. The molecule has 3 rings (SSSR count). The van der Waals surface area contributed by atoms with E-state index in [4.69, 9.17) is 0 Å². The second-order valence-electron chi connectivity index (χ2n) is 6.21. The zero-order chi connectivity index (χ0) is 18.2. The van der Waals surface area contributed by atoms with E-state index in [9.17, 15) is 18.0 Å². The van der Waals surface area contributed by atoms with Crippen LogP contribution < -0.4 is 10.2 Å². The number of carbonyl (C=O) groups excluding carboxylic acids is 1. The van der Waals surface area contributed by atoms with E-state index >= 15 is 0 Å². The summed E-state index contributed by atoms with van der Waals surface area (Å²) in [5, 5.41) is 2.78. The number of amides is 1. The van der Waals surface area contributed by atoms with Gasteiger partial charge in [-0.3, -0.25) is 9.59 Å². The molecule has 0 spiro atoms. The molecular weight excluding hydrogens is 362 g/mol. The van der Waals surface area contributed by atoms with Crippen molar-refractivity contribution in [3.63, 3.8) is 0 Å². The molecule has 0 bridgehead atoms. The van der Waals surface area contributed by atoms with Crippen LogP contribution in [0.2, 0.25) is 0 Å². The Morgan fingerprint density at radius 3 is 2.80 bits per heavy atom. The molecule has 2 N–H and O–H groups in total. The summed E-state index contributed by atoms with van der Waals surface area (Å²) in [5.74, 6) is -0.283. The minimum atomic E-state index is -3.86. The Morgan fingerprint density at radius 1 is 1.32 bits per heavy atom. The molecule has 2 unspecified atom stereocenters. The molecule has 0 radical (unpaired) electrons. The second kappa shape index (κ2) is 6.89. The van der Waals surface area contributed by atoms with Gasteiger partial charge in [-0.05, 0) is 38.0 Å². The fraction of sp³-hybridized carbons (Fsp3) is 0.500. The van der Waals surface area contributed by atoms with Crippen molar-refractivity contribution in [1.82, 2.24) is 14.6 Å². The first-order valence-electron chi connectivity index (χ1n) is 8.28. The molecule has 2 aromatic rings. The van der Waals surface area contributed by atoms with Crippen molar-refractivity contribution in [1.29, 1.82) is 0 Å². The van der Waals surface area contributed by atoms with Gasteiger partial charge in [0.1, 0.15) is 6.04 Å². The van der Waals surface area contributed by atoms with Gasteiger partial charge < -0.3 is 10.3 Å². The minimum absolute atomic E-state index is 0.109. The molecular formula is C16H21N3O4S2. The summed E-state index contributed by atoms with van der Waals surface area (Å²) in [4.78, 5) is 26.2. The summed E-state index contributed by atoms with van der Waals surface area (Å²) >= 11 is 0.972. The zero-order valence-corrected chi connectivity index (χ0v) is 15.7. The fourth-order valence-electron chi connectivity index (χ4n) is 3.29. The summed E-state index contributed by atoms with van der Waals surface area (Å²) < 4.78 is 28.5. The van der Waals surface area contributed by atoms with Crippen molar-refractivity contribution >= 4 is 37.5 Å². The topological polar surface area (TPSA) is 99.3 Å². The van der Waals surface area contributed by atoms with Gasteiger partial charge in [-0.2, -0.15) is 4.31 Å². The molecule has 9 heteroatoms. The number of hydrogen-bond acceptors (Lipinski definition) is 5. The van der Waals surface area contributed by atoms with Gasteiger partial charge in [0.2, 0.25) is 15.9 Å². The van der Waals surface area contributed by atoms with Crippen molar-refractivity contribution in [2.45, 2.75) is 50.1 Å². The molecule has 1 aromatic carbocycles. The number of H-pyrrole nitrogens is 1. The lowest BCUT2D eigenvalue weighted by atomic mass is 10.1. The van der Waals surface area contributed by atoms with E-state index in [-0.39, 0.29) is 21.7 Å². The summed E-state index contributed by atoms with van der Waals surface area (Å²) in [7, 11) is -3.86. The van der Waals surface area contributed by atoms with E-state index in [0.29, 0.717) is 29.6 Å². The number of benzene rings is 1. The SMILES string of the molecule is CCCC1CCNC(=O)C(C)N1S(=O)(=O)c1ccc2[nH]c(=O)sc2c1. The van der Waals surface area contributed by atoms with E-state index < -0.39 is 16.1 Å². The molecule has 1 aromatic heterocycles. The molecule has 0 saturated carbocycles. The molecule has 1 saturated heterocycles. The highest BCUT2D eigenvalue weighted by Crippen LogP contribution is 2.28. The smallest absolute Gasteiger partial charge is 0.305 e. The Labute approximate surface area is 150 Å². The van der Waals surface area contributed by atoms with Crippen LogP contribution in [0.25, 0.3) is 10.2 Å². The molecule has 1 fully saturated rings. The van der Waals surface area contributed by atoms with Crippen molar-refractivity contribution in [2.24, 2.45) is 0 Å². The van der Waals surface area contributed by atoms with E-state index in [0.717, 1.165) is 17.8 Å². The third-order valence-corrected chi connectivity index (χ3v) is 7.35. The summed E-state index contributed by atoms with van der Waals surface area (Å²) in [5.41, 5.74) is 0.612. The zero-order valence-electron chi connectivity index (χ0n) is 14.1. The lowest BCUT2D eigenvalue weighted by Crippen LogP contribution is -2.49. The number of rotatable bonds is 4. The first-order chi connectivity index (χ1) is 11.8. The molecule has 25 heavy (non-hydrogen) atoms. The fourth-order valence-corrected chi connectivity index (χ4v) is 6.00. The molecule has 1 aliphatic rings. The first-order valence-corrected chi connectivity index (χ1v) is 10.5. The van der Waals surface area contributed by atoms with Crippen LogP contribution in [-0.4, -0.2) is 42.2 Å². The quantitative estimate of drug-likeness (QED) is 0.839. The number of nitrogens with one attached hydrogen (secondary N) is 2. The van der Waals surface area contributed by atoms with Gasteiger partial charge in [0.15, 0.2) is 0 Å². The maximum absolute atomic E-state index is 13.3. The number of hydrogen-bond donors (Lipinski definition) is 2. The van der Waals surface area contributed by atoms with Crippen LogP contribution in [0.4, 0.5) is 0 Å². The average Bonchev–Trinajstić information content (AvgIpc) is 2.86. The van der Waals surface area contributed by atoms with Gasteiger partial charge in [0.05, 0.1) is 15.1 Å². The number of nitrogens with zero attached hydrogens (tertiary/aromatic N) is 1. The van der Waals surface area contributed by atoms with Gasteiger partial charge in [0.25, 0.3) is 0 Å². The van der Waals surface area contributed by atoms with Crippen molar-refractivity contribution in [2.75, 3.05) is 6.54 Å². The van der Waals surface area contributed by atoms with Crippen molar-refractivity contribution in [3.05, 3.63) is 27.9 Å². The Kier molecular flexibility index (Phi) is 4.99. The third-order valence-electron chi connectivity index (χ3n) is 4.49. The predicted molar refractivity (Wildman–Crippen MR) is 97.3 cm³/mol. The Morgan fingerprint density at radius 2 is 2.08 bits per heavy atom. The van der Waals surface area contributed by atoms with E-state index in [1.807, 2.05) is 6.92 Å². The Hall–Kier alpha value is -1.71. The maximum atomic E-state index is 13.3. The number of thiazole rings is 1. The van der Waals surface area contributed by atoms with Crippen LogP contribution >= 0.6 is 11.3 Å². The molecule has 0 aliphatic carbocycles. The molecule has 2 heterocycles. The van der Waals surface area contributed by atoms with Gasteiger partial charge >= 0.3 is 4.87 Å². The molecule has 7 nitrogen and oxygen atoms in total. The lowest BCUT2D eigenvalue weighted by Gasteiger charge is -2.32. The summed E-state index contributed by atoms with van der Waals surface area (Å²) in [6.07, 6.45) is 2.11. The third kappa shape index (κ3) is 3.36. The van der Waals surface area contributed by atoms with Crippen LogP contribution in [0.15, 0.2) is 27.9 Å².